The van der Waals surface area contributed by atoms with Gasteiger partial charge in [0.25, 0.3) is 5.95 Å². The lowest BCUT2D eigenvalue weighted by molar-refractivity contribution is -0.0327. The van der Waals surface area contributed by atoms with E-state index in [0.29, 0.717) is 11.4 Å². The predicted molar refractivity (Wildman–Crippen MR) is 76.6 cm³/mol. The second kappa shape index (κ2) is 7.38. The van der Waals surface area contributed by atoms with Crippen LogP contribution in [0.15, 0.2) is 18.7 Å². The highest BCUT2D eigenvalue weighted by molar-refractivity contribution is 8.00. The van der Waals surface area contributed by atoms with Crippen LogP contribution in [-0.2, 0) is 0 Å². The van der Waals surface area contributed by atoms with E-state index < -0.39 is 5.51 Å². The van der Waals surface area contributed by atoms with E-state index in [4.69, 9.17) is 5.26 Å². The summed E-state index contributed by atoms with van der Waals surface area (Å²) < 4.78 is 37.6. The minimum atomic E-state index is -4.23. The molecule has 1 unspecified atom stereocenters. The lowest BCUT2D eigenvalue weighted by Crippen LogP contribution is -2.25. The number of hydrogen-bond donors (Lipinski definition) is 1. The quantitative estimate of drug-likeness (QED) is 0.800. The lowest BCUT2D eigenvalue weighted by Gasteiger charge is -2.14. The van der Waals surface area contributed by atoms with Crippen LogP contribution >= 0.6 is 11.8 Å². The Morgan fingerprint density at radius 2 is 2.04 bits per heavy atom. The molecule has 2 heterocycles. The molecule has 0 fully saturated rings. The number of nitriles is 1. The summed E-state index contributed by atoms with van der Waals surface area (Å²) in [5, 5.41) is 15.7. The standard InChI is InChI=1S/C12H12F3N7S/c1-8(17-2-3-23-12(13,14)15)10-20-7-21-22(10)11-18-5-9(4-16)6-19-11/h5-8,17H,2-3H2,1H3. The van der Waals surface area contributed by atoms with Crippen molar-refractivity contribution >= 4 is 11.8 Å². The molecule has 0 aliphatic rings. The number of alkyl halides is 3. The summed E-state index contributed by atoms with van der Waals surface area (Å²) in [5.41, 5.74) is -3.92. The van der Waals surface area contributed by atoms with Gasteiger partial charge in [-0.3, -0.25) is 0 Å². The predicted octanol–water partition coefficient (Wildman–Crippen LogP) is 1.83. The molecule has 0 spiro atoms. The van der Waals surface area contributed by atoms with E-state index >= 15 is 0 Å². The van der Waals surface area contributed by atoms with E-state index in [1.54, 1.807) is 6.92 Å². The van der Waals surface area contributed by atoms with Crippen molar-refractivity contribution < 1.29 is 13.2 Å². The summed E-state index contributed by atoms with van der Waals surface area (Å²) in [7, 11) is 0. The SMILES string of the molecule is CC(NCCSC(F)(F)F)c1ncnn1-c1ncc(C#N)cn1. The van der Waals surface area contributed by atoms with Gasteiger partial charge < -0.3 is 5.32 Å². The number of nitrogens with one attached hydrogen (secondary N) is 1. The first-order valence-corrected chi connectivity index (χ1v) is 7.46. The summed E-state index contributed by atoms with van der Waals surface area (Å²) in [6.45, 7) is 1.91. The van der Waals surface area contributed by atoms with Gasteiger partial charge in [0.1, 0.15) is 12.4 Å². The molecule has 2 aromatic rings. The molecule has 0 aromatic carbocycles. The monoisotopic (exact) mass is 343 g/mol. The summed E-state index contributed by atoms with van der Waals surface area (Å²) in [6.07, 6.45) is 4.01. The average Bonchev–Trinajstić information content (AvgIpc) is 3.00. The van der Waals surface area contributed by atoms with Crippen LogP contribution in [0.2, 0.25) is 0 Å². The second-order valence-corrected chi connectivity index (χ2v) is 5.54. The van der Waals surface area contributed by atoms with Crippen LogP contribution in [0.5, 0.6) is 0 Å². The first-order chi connectivity index (χ1) is 10.9. The minimum absolute atomic E-state index is 0.0832. The average molecular weight is 343 g/mol. The third kappa shape index (κ3) is 4.90. The number of rotatable bonds is 6. The van der Waals surface area contributed by atoms with E-state index in [9.17, 15) is 13.2 Å². The van der Waals surface area contributed by atoms with Crippen LogP contribution in [-0.4, -0.2) is 42.5 Å². The molecule has 1 atom stereocenters. The van der Waals surface area contributed by atoms with E-state index in [1.807, 2.05) is 6.07 Å². The zero-order valence-electron chi connectivity index (χ0n) is 11.9. The maximum atomic E-state index is 12.1. The molecule has 7 nitrogen and oxygen atoms in total. The van der Waals surface area contributed by atoms with Crippen molar-refractivity contribution in [2.24, 2.45) is 0 Å². The van der Waals surface area contributed by atoms with Crippen molar-refractivity contribution in [3.8, 4) is 12.0 Å². The Labute approximate surface area is 134 Å². The zero-order chi connectivity index (χ0) is 16.9. The van der Waals surface area contributed by atoms with E-state index in [0.717, 1.165) is 0 Å². The number of aromatic nitrogens is 5. The molecule has 0 aliphatic carbocycles. The van der Waals surface area contributed by atoms with Gasteiger partial charge in [-0.25, -0.2) is 15.0 Å². The number of thioether (sulfide) groups is 1. The molecule has 122 valence electrons. The molecule has 0 bridgehead atoms. The molecule has 2 aromatic heterocycles. The summed E-state index contributed by atoms with van der Waals surface area (Å²) in [5.74, 6) is 0.594. The number of halogens is 3. The van der Waals surface area contributed by atoms with Gasteiger partial charge in [-0.15, -0.1) is 0 Å². The molecule has 0 amide bonds. The van der Waals surface area contributed by atoms with Gasteiger partial charge in [-0.1, -0.05) is 0 Å². The minimum Gasteiger partial charge on any atom is -0.307 e. The largest absolute Gasteiger partial charge is 0.441 e. The van der Waals surface area contributed by atoms with Crippen LogP contribution in [0.3, 0.4) is 0 Å². The Morgan fingerprint density at radius 1 is 1.35 bits per heavy atom. The lowest BCUT2D eigenvalue weighted by atomic mass is 10.3. The maximum Gasteiger partial charge on any atom is 0.441 e. The van der Waals surface area contributed by atoms with Crippen molar-refractivity contribution in [2.75, 3.05) is 12.3 Å². The number of hydrogen-bond acceptors (Lipinski definition) is 7. The highest BCUT2D eigenvalue weighted by Crippen LogP contribution is 2.29. The first-order valence-electron chi connectivity index (χ1n) is 6.47. The first kappa shape index (κ1) is 17.2. The molecule has 1 N–H and O–H groups in total. The fourth-order valence-corrected chi connectivity index (χ4v) is 2.17. The van der Waals surface area contributed by atoms with Crippen LogP contribution < -0.4 is 5.32 Å². The van der Waals surface area contributed by atoms with E-state index in [2.05, 4.69) is 25.4 Å². The Bertz CT molecular complexity index is 677. The van der Waals surface area contributed by atoms with Gasteiger partial charge in [0, 0.05) is 12.3 Å². The molecule has 0 aliphatic heterocycles. The molecular formula is C12H12F3N7S. The van der Waals surface area contributed by atoms with Crippen LogP contribution in [0.25, 0.3) is 5.95 Å². The third-order valence-corrected chi connectivity index (χ3v) is 3.47. The van der Waals surface area contributed by atoms with Crippen molar-refractivity contribution in [1.82, 2.24) is 30.0 Å². The van der Waals surface area contributed by atoms with Gasteiger partial charge in [-0.05, 0) is 18.7 Å². The second-order valence-electron chi connectivity index (χ2n) is 4.38. The smallest absolute Gasteiger partial charge is 0.307 e. The molecule has 23 heavy (non-hydrogen) atoms. The highest BCUT2D eigenvalue weighted by Gasteiger charge is 2.27. The number of nitrogens with zero attached hydrogens (tertiary/aromatic N) is 6. The van der Waals surface area contributed by atoms with Gasteiger partial charge in [0.05, 0.1) is 24.0 Å². The highest BCUT2D eigenvalue weighted by atomic mass is 32.2. The summed E-state index contributed by atoms with van der Waals surface area (Å²) >= 11 is -0.0832. The zero-order valence-corrected chi connectivity index (χ0v) is 12.8. The summed E-state index contributed by atoms with van der Waals surface area (Å²) in [6, 6.07) is 1.56. The fraction of sp³-hybridized carbons (Fsp3) is 0.417. The van der Waals surface area contributed by atoms with Crippen LogP contribution in [0.1, 0.15) is 24.4 Å². The van der Waals surface area contributed by atoms with Crippen molar-refractivity contribution in [3.63, 3.8) is 0 Å². The Balaban J connectivity index is 2.00. The van der Waals surface area contributed by atoms with Crippen molar-refractivity contribution in [1.29, 1.82) is 5.26 Å². The molecule has 0 radical (unpaired) electrons. The Hall–Kier alpha value is -2.19. The normalized spacial score (nSPS) is 12.8. The van der Waals surface area contributed by atoms with E-state index in [-0.39, 0.29) is 36.0 Å². The Kier molecular flexibility index (Phi) is 5.51. The van der Waals surface area contributed by atoms with Gasteiger partial charge >= 0.3 is 5.51 Å². The molecule has 0 saturated heterocycles. The van der Waals surface area contributed by atoms with Crippen LogP contribution in [0.4, 0.5) is 13.2 Å². The van der Waals surface area contributed by atoms with Crippen molar-refractivity contribution in [2.45, 2.75) is 18.5 Å². The molecule has 11 heteroatoms. The third-order valence-electron chi connectivity index (χ3n) is 2.74. The molecule has 0 saturated carbocycles. The van der Waals surface area contributed by atoms with Crippen molar-refractivity contribution in [3.05, 3.63) is 30.1 Å². The molecular weight excluding hydrogens is 331 g/mol. The van der Waals surface area contributed by atoms with Crippen LogP contribution in [0, 0.1) is 11.3 Å². The van der Waals surface area contributed by atoms with Gasteiger partial charge in [0.2, 0.25) is 0 Å². The Morgan fingerprint density at radius 3 is 2.65 bits per heavy atom. The fourth-order valence-electron chi connectivity index (χ4n) is 1.72. The van der Waals surface area contributed by atoms with Gasteiger partial charge in [-0.2, -0.15) is 28.2 Å². The maximum absolute atomic E-state index is 12.1. The van der Waals surface area contributed by atoms with E-state index in [1.165, 1.54) is 23.4 Å². The topological polar surface area (TPSA) is 92.3 Å². The summed E-state index contributed by atoms with van der Waals surface area (Å²) in [4.78, 5) is 12.1. The van der Waals surface area contributed by atoms with Gasteiger partial charge in [0.15, 0.2) is 5.82 Å². The molecule has 2 rings (SSSR count).